The Balaban J connectivity index is 2.66. The van der Waals surface area contributed by atoms with Crippen LogP contribution in [0.25, 0.3) is 0 Å². The molecule has 0 spiro atoms. The monoisotopic (exact) mass is 327 g/mol. The van der Waals surface area contributed by atoms with Gasteiger partial charge in [0.25, 0.3) is 0 Å². The van der Waals surface area contributed by atoms with Crippen LogP contribution < -0.4 is 4.57 Å². The quantitative estimate of drug-likeness (QED) is 0.670. The molecular weight excluding hydrogens is 311 g/mol. The second-order valence-corrected chi connectivity index (χ2v) is 5.62. The molecule has 7 heteroatoms. The molecule has 1 aromatic heterocycles. The SMILES string of the molecule is Cc1c(C)[n+](C)c([C@@H](CC(=O)O)c2ccc(F)cc2Cl)n1O. The van der Waals surface area contributed by atoms with E-state index in [0.29, 0.717) is 17.1 Å². The van der Waals surface area contributed by atoms with E-state index in [9.17, 15) is 19.5 Å². The summed E-state index contributed by atoms with van der Waals surface area (Å²) in [7, 11) is 1.73. The van der Waals surface area contributed by atoms with Crippen LogP contribution in [-0.2, 0) is 11.8 Å². The number of halogens is 2. The van der Waals surface area contributed by atoms with Gasteiger partial charge in [-0.3, -0.25) is 4.79 Å². The van der Waals surface area contributed by atoms with Crippen molar-refractivity contribution in [3.05, 3.63) is 51.8 Å². The van der Waals surface area contributed by atoms with Crippen LogP contribution >= 0.6 is 11.6 Å². The van der Waals surface area contributed by atoms with E-state index in [2.05, 4.69) is 0 Å². The molecule has 118 valence electrons. The molecule has 2 rings (SSSR count). The molecule has 0 aliphatic rings. The second-order valence-electron chi connectivity index (χ2n) is 5.22. The van der Waals surface area contributed by atoms with Gasteiger partial charge in [-0.15, -0.1) is 0 Å². The molecule has 0 aliphatic carbocycles. The van der Waals surface area contributed by atoms with E-state index < -0.39 is 17.7 Å². The summed E-state index contributed by atoms with van der Waals surface area (Å²) >= 11 is 6.08. The summed E-state index contributed by atoms with van der Waals surface area (Å²) in [5.74, 6) is -1.86. The van der Waals surface area contributed by atoms with Crippen molar-refractivity contribution >= 4 is 17.6 Å². The van der Waals surface area contributed by atoms with Gasteiger partial charge in [-0.2, -0.15) is 0 Å². The van der Waals surface area contributed by atoms with Gasteiger partial charge in [0.2, 0.25) is 0 Å². The Morgan fingerprint density at radius 2 is 2.09 bits per heavy atom. The fourth-order valence-electron chi connectivity index (χ4n) is 2.56. The van der Waals surface area contributed by atoms with Crippen LogP contribution in [0.15, 0.2) is 18.2 Å². The van der Waals surface area contributed by atoms with Crippen LogP contribution in [0, 0.1) is 19.7 Å². The van der Waals surface area contributed by atoms with Crippen molar-refractivity contribution in [1.82, 2.24) is 4.73 Å². The first-order valence-corrected chi connectivity index (χ1v) is 7.05. The zero-order chi connectivity index (χ0) is 16.6. The molecule has 0 aliphatic heterocycles. The number of hydrogen-bond acceptors (Lipinski definition) is 2. The predicted molar refractivity (Wildman–Crippen MR) is 77.8 cm³/mol. The lowest BCUT2D eigenvalue weighted by Gasteiger charge is -2.14. The van der Waals surface area contributed by atoms with Crippen molar-refractivity contribution in [3.63, 3.8) is 0 Å². The second kappa shape index (κ2) is 5.96. The molecule has 0 amide bonds. The van der Waals surface area contributed by atoms with E-state index in [4.69, 9.17) is 11.6 Å². The van der Waals surface area contributed by atoms with Crippen LogP contribution in [0.5, 0.6) is 0 Å². The zero-order valence-corrected chi connectivity index (χ0v) is 13.2. The number of carbonyl (C=O) groups is 1. The fraction of sp³-hybridized carbons (Fsp3) is 0.333. The van der Waals surface area contributed by atoms with Gasteiger partial charge in [0.15, 0.2) is 5.69 Å². The highest BCUT2D eigenvalue weighted by atomic mass is 35.5. The summed E-state index contributed by atoms with van der Waals surface area (Å²) in [6.07, 6.45) is -0.275. The highest BCUT2D eigenvalue weighted by molar-refractivity contribution is 6.31. The van der Waals surface area contributed by atoms with Crippen LogP contribution in [0.1, 0.15) is 35.1 Å². The molecule has 0 fully saturated rings. The first-order valence-electron chi connectivity index (χ1n) is 6.67. The minimum atomic E-state index is -1.04. The molecule has 0 saturated carbocycles. The maximum atomic E-state index is 13.2. The minimum absolute atomic E-state index is 0.128. The predicted octanol–water partition coefficient (Wildman–Crippen LogP) is 2.57. The number of aliphatic carboxylic acids is 1. The molecule has 2 N–H and O–H groups in total. The van der Waals surface area contributed by atoms with Crippen LogP contribution in [0.2, 0.25) is 5.02 Å². The topological polar surface area (TPSA) is 66.3 Å². The van der Waals surface area contributed by atoms with Gasteiger partial charge in [-0.05, 0) is 22.4 Å². The Morgan fingerprint density at radius 3 is 2.55 bits per heavy atom. The summed E-state index contributed by atoms with van der Waals surface area (Å²) in [6, 6.07) is 3.81. The molecule has 1 heterocycles. The molecule has 5 nitrogen and oxygen atoms in total. The fourth-order valence-corrected chi connectivity index (χ4v) is 2.86. The van der Waals surface area contributed by atoms with Crippen molar-refractivity contribution in [3.8, 4) is 0 Å². The maximum absolute atomic E-state index is 13.2. The lowest BCUT2D eigenvalue weighted by atomic mass is 9.94. The molecule has 1 aromatic carbocycles. The van der Waals surface area contributed by atoms with Gasteiger partial charge in [0, 0.05) is 18.9 Å². The van der Waals surface area contributed by atoms with Crippen LogP contribution in [0.3, 0.4) is 0 Å². The molecule has 0 saturated heterocycles. The van der Waals surface area contributed by atoms with Gasteiger partial charge in [0.1, 0.15) is 17.4 Å². The smallest absolute Gasteiger partial charge is 0.304 e. The van der Waals surface area contributed by atoms with Gasteiger partial charge >= 0.3 is 11.8 Å². The Kier molecular flexibility index (Phi) is 4.42. The van der Waals surface area contributed by atoms with E-state index in [0.717, 1.165) is 16.5 Å². The molecular formula is C15H17ClFN2O3+. The van der Waals surface area contributed by atoms with Crippen molar-refractivity contribution in [2.75, 3.05) is 0 Å². The van der Waals surface area contributed by atoms with E-state index in [-0.39, 0.29) is 11.4 Å². The van der Waals surface area contributed by atoms with E-state index >= 15 is 0 Å². The average molecular weight is 328 g/mol. The van der Waals surface area contributed by atoms with Gasteiger partial charge in [0.05, 0.1) is 13.5 Å². The standard InChI is InChI=1S/C15H16ClFN2O3/c1-8-9(2)19(22)15(18(8)3)12(7-14(20)21)11-5-4-10(17)6-13(11)16/h4-6,12H,7H2,1-3H3,(H-,20,21,22)/p+1/t12-/m0/s1. The maximum Gasteiger partial charge on any atom is 0.304 e. The third-order valence-electron chi connectivity index (χ3n) is 3.93. The number of benzene rings is 1. The van der Waals surface area contributed by atoms with E-state index in [1.807, 2.05) is 6.92 Å². The van der Waals surface area contributed by atoms with Crippen molar-refractivity contribution in [2.24, 2.45) is 7.05 Å². The number of carboxylic acid groups (broad SMARTS) is 1. The van der Waals surface area contributed by atoms with E-state index in [1.165, 1.54) is 12.1 Å². The number of imidazole rings is 1. The lowest BCUT2D eigenvalue weighted by Crippen LogP contribution is -2.37. The zero-order valence-electron chi connectivity index (χ0n) is 12.5. The highest BCUT2D eigenvalue weighted by Gasteiger charge is 2.35. The number of carboxylic acids is 1. The van der Waals surface area contributed by atoms with Gasteiger partial charge < -0.3 is 10.3 Å². The van der Waals surface area contributed by atoms with Crippen molar-refractivity contribution in [2.45, 2.75) is 26.2 Å². The molecule has 22 heavy (non-hydrogen) atoms. The lowest BCUT2D eigenvalue weighted by molar-refractivity contribution is -0.686. The first-order chi connectivity index (χ1) is 10.2. The van der Waals surface area contributed by atoms with Crippen molar-refractivity contribution < 1.29 is 24.1 Å². The Hall–Kier alpha value is -2.08. The summed E-state index contributed by atoms with van der Waals surface area (Å²) in [5.41, 5.74) is 1.85. The Bertz CT molecular complexity index is 717. The van der Waals surface area contributed by atoms with Crippen LogP contribution in [0.4, 0.5) is 4.39 Å². The number of nitrogens with zero attached hydrogens (tertiary/aromatic N) is 2. The molecule has 1 atom stereocenters. The summed E-state index contributed by atoms with van der Waals surface area (Å²) in [5, 5.41) is 19.6. The third kappa shape index (κ3) is 2.78. The van der Waals surface area contributed by atoms with Gasteiger partial charge in [-0.25, -0.2) is 8.96 Å². The van der Waals surface area contributed by atoms with Crippen LogP contribution in [-0.4, -0.2) is 21.0 Å². The molecule has 0 unspecified atom stereocenters. The number of hydrogen-bond donors (Lipinski definition) is 2. The van der Waals surface area contributed by atoms with Gasteiger partial charge in [-0.1, -0.05) is 17.7 Å². The third-order valence-corrected chi connectivity index (χ3v) is 4.26. The molecule has 2 aromatic rings. The summed E-state index contributed by atoms with van der Waals surface area (Å²) in [4.78, 5) is 11.2. The number of aromatic nitrogens is 2. The molecule has 0 radical (unpaired) electrons. The molecule has 0 bridgehead atoms. The average Bonchev–Trinajstić information content (AvgIpc) is 2.61. The van der Waals surface area contributed by atoms with E-state index in [1.54, 1.807) is 18.5 Å². The summed E-state index contributed by atoms with van der Waals surface area (Å²) < 4.78 is 15.9. The normalized spacial score (nSPS) is 12.4. The Morgan fingerprint density at radius 1 is 1.45 bits per heavy atom. The van der Waals surface area contributed by atoms with Crippen molar-refractivity contribution in [1.29, 1.82) is 0 Å². The first kappa shape index (κ1) is 16.3. The highest BCUT2D eigenvalue weighted by Crippen LogP contribution is 2.32. The minimum Gasteiger partial charge on any atom is -0.481 e. The number of rotatable bonds is 4. The summed E-state index contributed by atoms with van der Waals surface area (Å²) in [6.45, 7) is 3.54. The Labute approximate surface area is 132 Å². The largest absolute Gasteiger partial charge is 0.481 e.